The topological polar surface area (TPSA) is 17.8 Å². The Hall–Kier alpha value is -1.83. The molecule has 0 fully saturated rings. The highest BCUT2D eigenvalue weighted by Crippen LogP contribution is 2.25. The molecule has 1 aromatic heterocycles. The molecule has 0 aliphatic carbocycles. The van der Waals surface area contributed by atoms with Gasteiger partial charge < -0.3 is 4.57 Å². The molecule has 20 heavy (non-hydrogen) atoms. The van der Waals surface area contributed by atoms with E-state index in [2.05, 4.69) is 73.8 Å². The summed E-state index contributed by atoms with van der Waals surface area (Å²) in [6.45, 7) is 8.96. The quantitative estimate of drug-likeness (QED) is 0.738. The maximum absolute atomic E-state index is 4.54. The van der Waals surface area contributed by atoms with Crippen LogP contribution in [-0.2, 0) is 0 Å². The van der Waals surface area contributed by atoms with E-state index in [0.29, 0.717) is 11.8 Å². The van der Waals surface area contributed by atoms with Crippen molar-refractivity contribution in [3.05, 3.63) is 48.8 Å². The number of imidazole rings is 1. The summed E-state index contributed by atoms with van der Waals surface area (Å²) in [7, 11) is 0. The highest BCUT2D eigenvalue weighted by molar-refractivity contribution is 5.62. The molecule has 0 bridgehead atoms. The molecule has 0 aliphatic heterocycles. The Balaban J connectivity index is 2.43. The molecule has 0 saturated carbocycles. The van der Waals surface area contributed by atoms with Gasteiger partial charge in [-0.2, -0.15) is 0 Å². The van der Waals surface area contributed by atoms with E-state index >= 15 is 0 Å². The van der Waals surface area contributed by atoms with Crippen LogP contribution in [0.15, 0.2) is 48.8 Å². The van der Waals surface area contributed by atoms with Crippen molar-refractivity contribution in [2.45, 2.75) is 34.1 Å². The van der Waals surface area contributed by atoms with Crippen LogP contribution >= 0.6 is 0 Å². The number of nitrogens with zero attached hydrogens (tertiary/aromatic N) is 2. The highest BCUT2D eigenvalue weighted by Gasteiger charge is 2.11. The number of aromatic nitrogens is 2. The van der Waals surface area contributed by atoms with Crippen molar-refractivity contribution in [3.8, 4) is 11.4 Å². The summed E-state index contributed by atoms with van der Waals surface area (Å²) in [4.78, 5) is 4.54. The number of hydrogen-bond acceptors (Lipinski definition) is 1. The van der Waals surface area contributed by atoms with Gasteiger partial charge in [0.05, 0.1) is 0 Å². The lowest BCUT2D eigenvalue weighted by molar-refractivity contribution is 0.652. The van der Waals surface area contributed by atoms with Gasteiger partial charge in [-0.3, -0.25) is 0 Å². The molecule has 0 radical (unpaired) electrons. The van der Waals surface area contributed by atoms with E-state index in [1.54, 1.807) is 0 Å². The molecule has 1 heterocycles. The molecule has 0 saturated heterocycles. The fourth-order valence-electron chi connectivity index (χ4n) is 2.39. The van der Waals surface area contributed by atoms with Crippen LogP contribution < -0.4 is 0 Å². The lowest BCUT2D eigenvalue weighted by Crippen LogP contribution is -2.03. The third-order valence-corrected chi connectivity index (χ3v) is 3.13. The summed E-state index contributed by atoms with van der Waals surface area (Å²) in [6.07, 6.45) is 7.36. The fraction of sp³-hybridized carbons (Fsp3) is 0.389. The van der Waals surface area contributed by atoms with Crippen LogP contribution in [0.5, 0.6) is 0 Å². The molecule has 2 heteroatoms. The Labute approximate surface area is 122 Å². The van der Waals surface area contributed by atoms with Gasteiger partial charge in [-0.05, 0) is 18.3 Å². The van der Waals surface area contributed by atoms with Crippen LogP contribution in [-0.4, -0.2) is 9.55 Å². The Bertz CT molecular complexity index is 562. The molecule has 0 unspecified atom stereocenters. The normalized spacial score (nSPS) is 12.4. The Morgan fingerprint density at radius 2 is 1.85 bits per heavy atom. The van der Waals surface area contributed by atoms with Crippen LogP contribution in [0, 0.1) is 11.8 Å². The van der Waals surface area contributed by atoms with Crippen molar-refractivity contribution < 1.29 is 0 Å². The van der Waals surface area contributed by atoms with Gasteiger partial charge >= 0.3 is 0 Å². The predicted octanol–water partition coefficient (Wildman–Crippen LogP) is 5.09. The zero-order valence-electron chi connectivity index (χ0n) is 12.9. The summed E-state index contributed by atoms with van der Waals surface area (Å²) in [5.74, 6) is 2.19. The minimum Gasteiger partial charge on any atom is -0.304 e. The summed E-state index contributed by atoms with van der Waals surface area (Å²) in [5.41, 5.74) is 2.50. The average Bonchev–Trinajstić information content (AvgIpc) is 2.87. The molecular weight excluding hydrogens is 244 g/mol. The minimum atomic E-state index is 0.537. The first-order chi connectivity index (χ1) is 9.58. The molecule has 0 amide bonds. The molecule has 106 valence electrons. The van der Waals surface area contributed by atoms with Gasteiger partial charge in [0.2, 0.25) is 0 Å². The van der Waals surface area contributed by atoms with Gasteiger partial charge in [0.15, 0.2) is 0 Å². The van der Waals surface area contributed by atoms with E-state index in [4.69, 9.17) is 0 Å². The molecule has 2 nitrogen and oxygen atoms in total. The molecule has 0 spiro atoms. The molecule has 0 aliphatic rings. The van der Waals surface area contributed by atoms with Gasteiger partial charge in [0, 0.05) is 23.7 Å². The molecule has 1 aromatic carbocycles. The predicted molar refractivity (Wildman–Crippen MR) is 86.2 cm³/mol. The SMILES string of the molecule is CC(C)C=C(CC(C)C)n1ccnc1-c1ccccc1. The van der Waals surface area contributed by atoms with Crippen molar-refractivity contribution in [2.75, 3.05) is 0 Å². The van der Waals surface area contributed by atoms with E-state index in [-0.39, 0.29) is 0 Å². The summed E-state index contributed by atoms with van der Waals surface area (Å²) in [6, 6.07) is 10.4. The van der Waals surface area contributed by atoms with Crippen LogP contribution in [0.3, 0.4) is 0 Å². The molecule has 0 N–H and O–H groups in total. The van der Waals surface area contributed by atoms with Crippen molar-refractivity contribution in [3.63, 3.8) is 0 Å². The van der Waals surface area contributed by atoms with Crippen molar-refractivity contribution in [1.29, 1.82) is 0 Å². The van der Waals surface area contributed by atoms with E-state index in [1.165, 1.54) is 5.70 Å². The van der Waals surface area contributed by atoms with Crippen molar-refractivity contribution >= 4 is 5.70 Å². The number of benzene rings is 1. The van der Waals surface area contributed by atoms with Gasteiger partial charge in [-0.15, -0.1) is 0 Å². The van der Waals surface area contributed by atoms with E-state index in [1.807, 2.05) is 12.3 Å². The van der Waals surface area contributed by atoms with Gasteiger partial charge in [0.25, 0.3) is 0 Å². The third-order valence-electron chi connectivity index (χ3n) is 3.13. The second-order valence-corrected chi connectivity index (χ2v) is 5.99. The van der Waals surface area contributed by atoms with E-state index in [0.717, 1.165) is 17.8 Å². The maximum atomic E-state index is 4.54. The summed E-state index contributed by atoms with van der Waals surface area (Å²) < 4.78 is 2.23. The summed E-state index contributed by atoms with van der Waals surface area (Å²) in [5, 5.41) is 0. The lowest BCUT2D eigenvalue weighted by Gasteiger charge is -2.16. The number of rotatable bonds is 5. The first-order valence-corrected chi connectivity index (χ1v) is 7.37. The standard InChI is InChI=1S/C18H24N2/c1-14(2)12-17(13-15(3)4)20-11-10-19-18(20)16-8-6-5-7-9-16/h5-12,14-15H,13H2,1-4H3. The van der Waals surface area contributed by atoms with E-state index < -0.39 is 0 Å². The van der Waals surface area contributed by atoms with Crippen molar-refractivity contribution in [1.82, 2.24) is 9.55 Å². The van der Waals surface area contributed by atoms with E-state index in [9.17, 15) is 0 Å². The Morgan fingerprint density at radius 1 is 1.15 bits per heavy atom. The number of allylic oxidation sites excluding steroid dienone is 2. The van der Waals surface area contributed by atoms with Crippen LogP contribution in [0.1, 0.15) is 34.1 Å². The highest BCUT2D eigenvalue weighted by atomic mass is 15.1. The molecular formula is C18H24N2. The molecule has 2 rings (SSSR count). The first-order valence-electron chi connectivity index (χ1n) is 7.37. The van der Waals surface area contributed by atoms with Gasteiger partial charge in [-0.1, -0.05) is 64.1 Å². The second-order valence-electron chi connectivity index (χ2n) is 5.99. The summed E-state index contributed by atoms with van der Waals surface area (Å²) >= 11 is 0. The molecule has 2 aromatic rings. The van der Waals surface area contributed by atoms with Gasteiger partial charge in [-0.25, -0.2) is 4.98 Å². The Kier molecular flexibility index (Phi) is 4.78. The Morgan fingerprint density at radius 3 is 2.45 bits per heavy atom. The fourth-order valence-corrected chi connectivity index (χ4v) is 2.39. The van der Waals surface area contributed by atoms with Gasteiger partial charge in [0.1, 0.15) is 5.82 Å². The monoisotopic (exact) mass is 268 g/mol. The van der Waals surface area contributed by atoms with Crippen LogP contribution in [0.4, 0.5) is 0 Å². The van der Waals surface area contributed by atoms with Crippen molar-refractivity contribution in [2.24, 2.45) is 11.8 Å². The first kappa shape index (κ1) is 14.6. The van der Waals surface area contributed by atoms with Crippen LogP contribution in [0.25, 0.3) is 17.1 Å². The van der Waals surface area contributed by atoms with Crippen LogP contribution in [0.2, 0.25) is 0 Å². The maximum Gasteiger partial charge on any atom is 0.144 e. The average molecular weight is 268 g/mol. The zero-order chi connectivity index (χ0) is 14.5. The second kappa shape index (κ2) is 6.56. The molecule has 0 atom stereocenters. The lowest BCUT2D eigenvalue weighted by atomic mass is 10.0. The number of hydrogen-bond donors (Lipinski definition) is 0. The minimum absolute atomic E-state index is 0.537. The zero-order valence-corrected chi connectivity index (χ0v) is 12.9. The largest absolute Gasteiger partial charge is 0.304 e. The smallest absolute Gasteiger partial charge is 0.144 e. The third kappa shape index (κ3) is 3.60.